The van der Waals surface area contributed by atoms with Crippen LogP contribution in [0.1, 0.15) is 20.3 Å². The number of hydrogen-bond donors (Lipinski definition) is 0. The Morgan fingerprint density at radius 1 is 1.08 bits per heavy atom. The van der Waals surface area contributed by atoms with E-state index in [0.717, 1.165) is 0 Å². The predicted octanol–water partition coefficient (Wildman–Crippen LogP) is 2.60. The Kier molecular flexibility index (Phi) is 4.05. The molecule has 2 aliphatic heterocycles. The van der Waals surface area contributed by atoms with E-state index in [-0.39, 0.29) is 23.8 Å². The van der Waals surface area contributed by atoms with Crippen molar-refractivity contribution in [3.8, 4) is 0 Å². The number of fused-ring (bicyclic) bond motifs is 1. The van der Waals surface area contributed by atoms with Crippen LogP contribution in [0.15, 0.2) is 42.5 Å². The Balaban J connectivity index is 1.70. The number of cyclic esters (lactones) is 1. The number of nitrogens with zero attached hydrogens (tertiary/aromatic N) is 2. The molecule has 3 aliphatic rings. The van der Waals surface area contributed by atoms with Gasteiger partial charge in [-0.3, -0.25) is 14.5 Å². The number of hydrogen-bond acceptors (Lipinski definition) is 4. The quantitative estimate of drug-likeness (QED) is 0.618. The average Bonchev–Trinajstić information content (AvgIpc) is 3.14. The largest absolute Gasteiger partial charge is 0.447 e. The van der Waals surface area contributed by atoms with Crippen LogP contribution < -0.4 is 4.90 Å². The lowest BCUT2D eigenvalue weighted by Gasteiger charge is -2.36. The molecule has 1 aromatic rings. The number of imide groups is 1. The van der Waals surface area contributed by atoms with Gasteiger partial charge < -0.3 is 4.74 Å². The lowest BCUT2D eigenvalue weighted by Crippen LogP contribution is -2.51. The molecule has 0 bridgehead atoms. The van der Waals surface area contributed by atoms with Crippen LogP contribution in [0.25, 0.3) is 0 Å². The summed E-state index contributed by atoms with van der Waals surface area (Å²) < 4.78 is 5.26. The standard InChI is InChI=1S/C20H22N2O4/c1-12(2)16-11-26-20(25)22(16)15-10-6-9-14-17(15)19(24)21(18(14)23)13-7-4-3-5-8-13/h3-8,10,12,14-17H,9,11H2,1-2H3/t14-,15+,16-,17-/m1/s1. The van der Waals surface area contributed by atoms with Gasteiger partial charge in [-0.25, -0.2) is 9.69 Å². The maximum absolute atomic E-state index is 13.2. The zero-order chi connectivity index (χ0) is 18.4. The van der Waals surface area contributed by atoms with E-state index in [1.807, 2.05) is 32.1 Å². The lowest BCUT2D eigenvalue weighted by atomic mass is 9.80. The molecule has 4 atom stereocenters. The molecule has 0 aromatic heterocycles. The first-order valence-electron chi connectivity index (χ1n) is 9.05. The van der Waals surface area contributed by atoms with Crippen LogP contribution in [0, 0.1) is 17.8 Å². The van der Waals surface area contributed by atoms with Gasteiger partial charge in [-0.05, 0) is 24.5 Å². The summed E-state index contributed by atoms with van der Waals surface area (Å²) in [5.41, 5.74) is 0.583. The molecule has 2 fully saturated rings. The van der Waals surface area contributed by atoms with E-state index in [0.29, 0.717) is 18.7 Å². The van der Waals surface area contributed by atoms with E-state index in [2.05, 4.69) is 0 Å². The molecule has 6 heteroatoms. The third kappa shape index (κ3) is 2.43. The summed E-state index contributed by atoms with van der Waals surface area (Å²) in [7, 11) is 0. The monoisotopic (exact) mass is 354 g/mol. The van der Waals surface area contributed by atoms with Gasteiger partial charge in [0.1, 0.15) is 6.61 Å². The summed E-state index contributed by atoms with van der Waals surface area (Å²) >= 11 is 0. The van der Waals surface area contributed by atoms with Crippen LogP contribution in [0.3, 0.4) is 0 Å². The molecule has 0 N–H and O–H groups in total. The summed E-state index contributed by atoms with van der Waals surface area (Å²) in [6.07, 6.45) is 3.92. The number of ether oxygens (including phenoxy) is 1. The summed E-state index contributed by atoms with van der Waals surface area (Å²) in [6, 6.07) is 8.44. The van der Waals surface area contributed by atoms with Crippen LogP contribution in [-0.2, 0) is 14.3 Å². The molecular formula is C20H22N2O4. The van der Waals surface area contributed by atoms with Crippen molar-refractivity contribution in [2.45, 2.75) is 32.4 Å². The first-order chi connectivity index (χ1) is 12.5. The van der Waals surface area contributed by atoms with Crippen molar-refractivity contribution in [2.24, 2.45) is 17.8 Å². The number of anilines is 1. The van der Waals surface area contributed by atoms with Crippen molar-refractivity contribution in [1.82, 2.24) is 4.90 Å². The van der Waals surface area contributed by atoms with Crippen molar-refractivity contribution in [3.63, 3.8) is 0 Å². The number of carbonyl (C=O) groups excluding carboxylic acids is 3. The number of para-hydroxylation sites is 1. The molecular weight excluding hydrogens is 332 g/mol. The van der Waals surface area contributed by atoms with E-state index in [1.54, 1.807) is 29.2 Å². The number of benzene rings is 1. The van der Waals surface area contributed by atoms with Crippen molar-refractivity contribution < 1.29 is 19.1 Å². The van der Waals surface area contributed by atoms with Crippen LogP contribution in [0.2, 0.25) is 0 Å². The van der Waals surface area contributed by atoms with Gasteiger partial charge in [-0.2, -0.15) is 0 Å². The fourth-order valence-corrected chi connectivity index (χ4v) is 4.27. The molecule has 0 radical (unpaired) electrons. The zero-order valence-electron chi connectivity index (χ0n) is 14.9. The Hall–Kier alpha value is -2.63. The number of rotatable bonds is 3. The lowest BCUT2D eigenvalue weighted by molar-refractivity contribution is -0.122. The molecule has 1 aliphatic carbocycles. The second-order valence-electron chi connectivity index (χ2n) is 7.43. The Morgan fingerprint density at radius 3 is 2.50 bits per heavy atom. The molecule has 1 aromatic carbocycles. The van der Waals surface area contributed by atoms with Gasteiger partial charge in [0, 0.05) is 0 Å². The molecule has 136 valence electrons. The van der Waals surface area contributed by atoms with Gasteiger partial charge in [-0.1, -0.05) is 44.2 Å². The third-order valence-electron chi connectivity index (χ3n) is 5.62. The fraction of sp³-hybridized carbons (Fsp3) is 0.450. The third-order valence-corrected chi connectivity index (χ3v) is 5.62. The van der Waals surface area contributed by atoms with Gasteiger partial charge in [0.2, 0.25) is 11.8 Å². The summed E-state index contributed by atoms with van der Waals surface area (Å²) in [5.74, 6) is -1.21. The number of allylic oxidation sites excluding steroid dienone is 1. The maximum Gasteiger partial charge on any atom is 0.410 e. The highest BCUT2D eigenvalue weighted by molar-refractivity contribution is 6.22. The Bertz CT molecular complexity index is 773. The van der Waals surface area contributed by atoms with Gasteiger partial charge >= 0.3 is 6.09 Å². The van der Waals surface area contributed by atoms with Crippen molar-refractivity contribution in [2.75, 3.05) is 11.5 Å². The highest BCUT2D eigenvalue weighted by atomic mass is 16.6. The van der Waals surface area contributed by atoms with Crippen LogP contribution in [0.4, 0.5) is 10.5 Å². The number of carbonyl (C=O) groups is 3. The Morgan fingerprint density at radius 2 is 1.81 bits per heavy atom. The molecule has 3 amide bonds. The van der Waals surface area contributed by atoms with E-state index < -0.39 is 24.0 Å². The summed E-state index contributed by atoms with van der Waals surface area (Å²) in [5, 5.41) is 0. The summed E-state index contributed by atoms with van der Waals surface area (Å²) in [4.78, 5) is 41.5. The molecule has 26 heavy (non-hydrogen) atoms. The van der Waals surface area contributed by atoms with Crippen molar-refractivity contribution in [3.05, 3.63) is 42.5 Å². The molecule has 0 unspecified atom stereocenters. The summed E-state index contributed by atoms with van der Waals surface area (Å²) in [6.45, 7) is 4.38. The Labute approximate surface area is 152 Å². The minimum absolute atomic E-state index is 0.0930. The molecule has 0 spiro atoms. The second kappa shape index (κ2) is 6.27. The van der Waals surface area contributed by atoms with Gasteiger partial charge in [0.25, 0.3) is 0 Å². The average molecular weight is 354 g/mol. The molecule has 2 saturated heterocycles. The van der Waals surface area contributed by atoms with Crippen molar-refractivity contribution in [1.29, 1.82) is 0 Å². The number of amides is 3. The maximum atomic E-state index is 13.2. The first kappa shape index (κ1) is 16.8. The van der Waals surface area contributed by atoms with Crippen LogP contribution in [-0.4, -0.2) is 41.5 Å². The normalized spacial score (nSPS) is 31.0. The van der Waals surface area contributed by atoms with E-state index in [1.165, 1.54) is 4.90 Å². The highest BCUT2D eigenvalue weighted by Crippen LogP contribution is 2.41. The SMILES string of the molecule is CC(C)[C@H]1COC(=O)N1[C@H]1C=CC[C@H]2C(=O)N(c3ccccc3)C(=O)[C@H]21. The first-order valence-corrected chi connectivity index (χ1v) is 9.05. The van der Waals surface area contributed by atoms with E-state index >= 15 is 0 Å². The van der Waals surface area contributed by atoms with Crippen LogP contribution in [0.5, 0.6) is 0 Å². The fourth-order valence-electron chi connectivity index (χ4n) is 4.27. The van der Waals surface area contributed by atoms with Crippen molar-refractivity contribution >= 4 is 23.6 Å². The predicted molar refractivity (Wildman–Crippen MR) is 95.3 cm³/mol. The van der Waals surface area contributed by atoms with Gasteiger partial charge in [0.05, 0.1) is 29.6 Å². The van der Waals surface area contributed by atoms with Gasteiger partial charge in [0.15, 0.2) is 0 Å². The zero-order valence-corrected chi connectivity index (χ0v) is 14.9. The topological polar surface area (TPSA) is 66.9 Å². The molecule has 2 heterocycles. The van der Waals surface area contributed by atoms with Crippen LogP contribution >= 0.6 is 0 Å². The second-order valence-corrected chi connectivity index (χ2v) is 7.43. The molecule has 6 nitrogen and oxygen atoms in total. The smallest absolute Gasteiger partial charge is 0.410 e. The minimum Gasteiger partial charge on any atom is -0.447 e. The van der Waals surface area contributed by atoms with Gasteiger partial charge in [-0.15, -0.1) is 0 Å². The van der Waals surface area contributed by atoms with E-state index in [4.69, 9.17) is 4.74 Å². The van der Waals surface area contributed by atoms with E-state index in [9.17, 15) is 14.4 Å². The highest BCUT2D eigenvalue weighted by Gasteiger charge is 2.55. The molecule has 4 rings (SSSR count). The molecule has 0 saturated carbocycles. The minimum atomic E-state index is -0.556.